The van der Waals surface area contributed by atoms with Crippen molar-refractivity contribution in [1.82, 2.24) is 15.0 Å². The first kappa shape index (κ1) is 17.8. The van der Waals surface area contributed by atoms with Gasteiger partial charge in [-0.05, 0) is 26.1 Å². The van der Waals surface area contributed by atoms with Crippen LogP contribution in [-0.4, -0.2) is 50.6 Å². The molecule has 1 aliphatic rings. The molecule has 3 N–H and O–H groups in total. The van der Waals surface area contributed by atoms with E-state index in [9.17, 15) is 35.8 Å². The van der Waals surface area contributed by atoms with E-state index in [0.29, 0.717) is 6.92 Å². The highest BCUT2D eigenvalue weighted by molar-refractivity contribution is 5.65. The van der Waals surface area contributed by atoms with E-state index >= 15 is 0 Å². The Morgan fingerprint density at radius 2 is 1.71 bits per heavy atom. The van der Waals surface area contributed by atoms with Gasteiger partial charge in [0, 0.05) is 8.31 Å². The number of aliphatic hydroxyl groups is 1. The number of alkyl halides is 6. The summed E-state index contributed by atoms with van der Waals surface area (Å²) >= 11 is 0. The molecule has 0 spiro atoms. The Kier molecular flexibility index (Phi) is 5.06. The summed E-state index contributed by atoms with van der Waals surface area (Å²) in [6.45, 7) is 3.47. The Bertz CT molecular complexity index is 820. The monoisotopic (exact) mass is 419 g/mol. The molecule has 0 aromatic carbocycles. The number of nitrogens with one attached hydrogen (secondary N) is 2. The van der Waals surface area contributed by atoms with Crippen LogP contribution in [0.4, 0.5) is 42.6 Å². The van der Waals surface area contributed by atoms with Gasteiger partial charge in [-0.1, -0.05) is 0 Å². The van der Waals surface area contributed by atoms with E-state index in [2.05, 4.69) is 21.9 Å². The van der Waals surface area contributed by atoms with Crippen molar-refractivity contribution in [3.63, 3.8) is 0 Å². The average Bonchev–Trinajstić information content (AvgIpc) is 2.58. The highest BCUT2D eigenvalue weighted by atomic mass is 19.4. The Morgan fingerprint density at radius 3 is 2.25 bits per heavy atom. The van der Waals surface area contributed by atoms with Gasteiger partial charge in [0.2, 0.25) is 11.9 Å². The minimum absolute atomic E-state index is 0.495. The number of aromatic nitrogens is 3. The van der Waals surface area contributed by atoms with Crippen LogP contribution in [0.15, 0.2) is 5.83 Å². The molecule has 0 unspecified atom stereocenters. The predicted octanol–water partition coefficient (Wildman–Crippen LogP) is 3.64. The number of nitrogens with zero attached hydrogens (tertiary/aromatic N) is 3. The van der Waals surface area contributed by atoms with Crippen LogP contribution in [0.5, 0.6) is 0 Å². The van der Waals surface area contributed by atoms with Crippen LogP contribution in [0.1, 0.15) is 36.1 Å². The van der Waals surface area contributed by atoms with Crippen LogP contribution in [0.2, 0.25) is 0 Å². The lowest BCUT2D eigenvalue weighted by atomic mass is 9.96. The summed E-state index contributed by atoms with van der Waals surface area (Å²) < 4.78 is 114. The molecule has 0 saturated heterocycles. The first-order valence-corrected chi connectivity index (χ1v) is 7.74. The standard InChI is InChI=1S/C15H17F7N5O/c1-6(14(17,18)19)23-12-25-11(8-4-3-5-9(28)10(8)16)26-13(27-12)24-7(2)15(20,21)22/h6-7,9,28H,1,3-5H2,2H3,(H2,23,24,25,26,27)/q+1/t6-,7-,9-/m1/s1/i5D2,9D. The number of hydrogen-bond acceptors (Lipinski definition) is 6. The molecule has 0 fully saturated rings. The molecule has 2 rings (SSSR count). The Morgan fingerprint density at radius 1 is 1.14 bits per heavy atom. The molecular formula is C15H17F7N5O+. The van der Waals surface area contributed by atoms with Gasteiger partial charge in [-0.15, -0.1) is 0 Å². The lowest BCUT2D eigenvalue weighted by Gasteiger charge is -2.21. The summed E-state index contributed by atoms with van der Waals surface area (Å²) in [6, 6.07) is -4.73. The maximum Gasteiger partial charge on any atom is 0.452 e. The second-order valence-electron chi connectivity index (χ2n) is 5.77. The molecule has 3 atom stereocenters. The van der Waals surface area contributed by atoms with Gasteiger partial charge in [0.05, 0.1) is 8.29 Å². The van der Waals surface area contributed by atoms with Gasteiger partial charge in [-0.2, -0.15) is 41.3 Å². The van der Waals surface area contributed by atoms with Crippen LogP contribution in [0, 0.1) is 6.92 Å². The van der Waals surface area contributed by atoms with E-state index in [1.807, 2.05) is 5.32 Å². The van der Waals surface area contributed by atoms with Crippen LogP contribution in [0.3, 0.4) is 0 Å². The van der Waals surface area contributed by atoms with E-state index in [-0.39, 0.29) is 0 Å². The second kappa shape index (κ2) is 7.97. The molecule has 0 aliphatic heterocycles. The van der Waals surface area contributed by atoms with Crippen LogP contribution >= 0.6 is 0 Å². The summed E-state index contributed by atoms with van der Waals surface area (Å²) in [5.41, 5.74) is -0.659. The smallest absolute Gasteiger partial charge is 0.386 e. The number of halogens is 7. The molecule has 13 heteroatoms. The predicted molar refractivity (Wildman–Crippen MR) is 85.7 cm³/mol. The summed E-state index contributed by atoms with van der Waals surface area (Å²) in [4.78, 5) is 10.5. The van der Waals surface area contributed by atoms with Gasteiger partial charge in [0.1, 0.15) is 17.9 Å². The van der Waals surface area contributed by atoms with Gasteiger partial charge in [-0.25, -0.2) is 4.39 Å². The van der Waals surface area contributed by atoms with Gasteiger partial charge in [0.15, 0.2) is 5.82 Å². The molecular weight excluding hydrogens is 399 g/mol. The number of hydrogen-bond donors (Lipinski definition) is 3. The molecule has 0 amide bonds. The van der Waals surface area contributed by atoms with Gasteiger partial charge in [-0.3, -0.25) is 0 Å². The van der Waals surface area contributed by atoms with Gasteiger partial charge in [0.25, 0.3) is 6.04 Å². The number of allylic oxidation sites excluding steroid dienone is 1. The van der Waals surface area contributed by atoms with Crippen molar-refractivity contribution in [2.24, 2.45) is 0 Å². The molecule has 0 radical (unpaired) electrons. The third kappa shape index (κ3) is 5.36. The minimum Gasteiger partial charge on any atom is -0.386 e. The largest absolute Gasteiger partial charge is 0.452 e. The third-order valence-corrected chi connectivity index (χ3v) is 3.58. The lowest BCUT2D eigenvalue weighted by Crippen LogP contribution is -2.35. The van der Waals surface area contributed by atoms with Crippen LogP contribution in [-0.2, 0) is 0 Å². The average molecular weight is 419 g/mol. The zero-order valence-corrected chi connectivity index (χ0v) is 14.2. The van der Waals surface area contributed by atoms with Crippen molar-refractivity contribution >= 4 is 17.5 Å². The zero-order valence-electron chi connectivity index (χ0n) is 17.2. The number of rotatable bonds is 5. The Balaban J connectivity index is 2.56. The van der Waals surface area contributed by atoms with Gasteiger partial charge >= 0.3 is 12.4 Å². The third-order valence-electron chi connectivity index (χ3n) is 3.58. The summed E-state index contributed by atoms with van der Waals surface area (Å²) in [7, 11) is 0. The summed E-state index contributed by atoms with van der Waals surface area (Å²) in [6.07, 6.45) is -16.8. The van der Waals surface area contributed by atoms with Crippen molar-refractivity contribution in [2.75, 3.05) is 10.6 Å². The van der Waals surface area contributed by atoms with E-state index in [0.717, 1.165) is 0 Å². The fourth-order valence-electron chi connectivity index (χ4n) is 2.00. The molecule has 156 valence electrons. The topological polar surface area (TPSA) is 83.0 Å². The lowest BCUT2D eigenvalue weighted by molar-refractivity contribution is -0.138. The summed E-state index contributed by atoms with van der Waals surface area (Å²) in [5.74, 6) is -4.27. The zero-order chi connectivity index (χ0) is 24.0. The van der Waals surface area contributed by atoms with Crippen molar-refractivity contribution < 1.29 is 40.0 Å². The van der Waals surface area contributed by atoms with Crippen LogP contribution in [0.25, 0.3) is 5.57 Å². The van der Waals surface area contributed by atoms with E-state index in [1.165, 1.54) is 0 Å². The second-order valence-corrected chi connectivity index (χ2v) is 5.77. The SMILES string of the molecule is [2H]C1([2H])CCC(c2nc(N[C@H]([CH2+])C(F)(F)F)nc(N[C@H](C)C(F)(F)F)n2)=C(F)[C@]1([2H])O. The minimum atomic E-state index is -4.88. The molecule has 28 heavy (non-hydrogen) atoms. The maximum atomic E-state index is 14.7. The normalized spacial score (nSPS) is 26.7. The number of anilines is 2. The molecule has 6 nitrogen and oxygen atoms in total. The molecule has 1 aromatic rings. The summed E-state index contributed by atoms with van der Waals surface area (Å²) in [5, 5.41) is 13.4. The maximum absolute atomic E-state index is 14.7. The van der Waals surface area contributed by atoms with Crippen molar-refractivity contribution in [3.05, 3.63) is 18.6 Å². The Hall–Kier alpha value is -2.31. The molecule has 0 bridgehead atoms. The molecule has 1 aromatic heterocycles. The fourth-order valence-corrected chi connectivity index (χ4v) is 2.00. The van der Waals surface area contributed by atoms with E-state index in [4.69, 9.17) is 4.11 Å². The van der Waals surface area contributed by atoms with E-state index in [1.54, 1.807) is 5.32 Å². The quantitative estimate of drug-likeness (QED) is 0.500. The highest BCUT2D eigenvalue weighted by Crippen LogP contribution is 2.33. The van der Waals surface area contributed by atoms with Gasteiger partial charge < -0.3 is 15.7 Å². The fraction of sp³-hybridized carbons (Fsp3) is 0.600. The van der Waals surface area contributed by atoms with Crippen molar-refractivity contribution in [1.29, 1.82) is 0 Å². The first-order valence-electron chi connectivity index (χ1n) is 9.24. The molecule has 1 heterocycles. The molecule has 1 aliphatic carbocycles. The Labute approximate surface area is 159 Å². The van der Waals surface area contributed by atoms with Crippen molar-refractivity contribution in [2.45, 2.75) is 56.7 Å². The molecule has 0 saturated carbocycles. The highest BCUT2D eigenvalue weighted by Gasteiger charge is 2.43. The van der Waals surface area contributed by atoms with E-state index < -0.39 is 78.9 Å². The first-order chi connectivity index (χ1) is 13.9. The van der Waals surface area contributed by atoms with Crippen LogP contribution < -0.4 is 10.6 Å². The van der Waals surface area contributed by atoms with Crippen molar-refractivity contribution in [3.8, 4) is 0 Å².